The maximum absolute atomic E-state index is 13.4. The fraction of sp³-hybridized carbons (Fsp3) is 0.538. The lowest BCUT2D eigenvalue weighted by Gasteiger charge is -2.14. The van der Waals surface area contributed by atoms with Gasteiger partial charge in [-0.3, -0.25) is 0 Å². The molecule has 1 saturated carbocycles. The first-order valence-corrected chi connectivity index (χ1v) is 8.09. The molecule has 0 heterocycles. The largest absolute Gasteiger partial charge is 0.313 e. The Hall–Kier alpha value is -1.05. The quantitative estimate of drug-likeness (QED) is 0.803. The molecular formula is C13H18F2N2O2S. The minimum atomic E-state index is -3.56. The highest BCUT2D eigenvalue weighted by atomic mass is 32.2. The van der Waals surface area contributed by atoms with E-state index in [2.05, 4.69) is 10.0 Å². The Balaban J connectivity index is 1.91. The minimum absolute atomic E-state index is 0.00377. The minimum Gasteiger partial charge on any atom is -0.313 e. The van der Waals surface area contributed by atoms with Crippen molar-refractivity contribution in [2.24, 2.45) is 0 Å². The van der Waals surface area contributed by atoms with E-state index >= 15 is 0 Å². The molecule has 7 heteroatoms. The van der Waals surface area contributed by atoms with E-state index < -0.39 is 26.9 Å². The highest BCUT2D eigenvalue weighted by molar-refractivity contribution is 7.90. The van der Waals surface area contributed by atoms with Crippen LogP contribution in [0, 0.1) is 11.6 Å². The van der Waals surface area contributed by atoms with Crippen LogP contribution >= 0.6 is 0 Å². The van der Waals surface area contributed by atoms with Crippen molar-refractivity contribution in [1.82, 2.24) is 10.0 Å². The summed E-state index contributed by atoms with van der Waals surface area (Å²) in [6.07, 6.45) is 2.16. The Bertz CT molecular complexity index is 574. The van der Waals surface area contributed by atoms with Crippen molar-refractivity contribution in [2.45, 2.75) is 37.6 Å². The predicted molar refractivity (Wildman–Crippen MR) is 72.6 cm³/mol. The van der Waals surface area contributed by atoms with Gasteiger partial charge in [0.05, 0.1) is 5.25 Å². The maximum Gasteiger partial charge on any atom is 0.215 e. The maximum atomic E-state index is 13.4. The zero-order valence-electron chi connectivity index (χ0n) is 11.2. The van der Waals surface area contributed by atoms with Gasteiger partial charge < -0.3 is 5.32 Å². The van der Waals surface area contributed by atoms with Crippen molar-refractivity contribution < 1.29 is 17.2 Å². The molecule has 2 rings (SSSR count). The van der Waals surface area contributed by atoms with Gasteiger partial charge in [-0.05, 0) is 38.0 Å². The van der Waals surface area contributed by atoms with Crippen molar-refractivity contribution in [3.8, 4) is 0 Å². The molecule has 0 aliphatic heterocycles. The van der Waals surface area contributed by atoms with Crippen LogP contribution in [-0.4, -0.2) is 26.3 Å². The Kier molecular flexibility index (Phi) is 4.72. The SMILES string of the molecule is CC(CNC1CC1)S(=O)(=O)NCc1cc(F)ccc1F. The zero-order chi connectivity index (χ0) is 14.8. The number of rotatable bonds is 7. The van der Waals surface area contributed by atoms with Crippen LogP contribution in [-0.2, 0) is 16.6 Å². The number of halogens is 2. The zero-order valence-corrected chi connectivity index (χ0v) is 12.0. The summed E-state index contributed by atoms with van der Waals surface area (Å²) >= 11 is 0. The average molecular weight is 304 g/mol. The molecule has 1 aromatic carbocycles. The number of hydrogen-bond acceptors (Lipinski definition) is 3. The third-order valence-corrected chi connectivity index (χ3v) is 5.05. The second kappa shape index (κ2) is 6.15. The first kappa shape index (κ1) is 15.3. The first-order chi connectivity index (χ1) is 9.38. The van der Waals surface area contributed by atoms with Crippen LogP contribution in [0.15, 0.2) is 18.2 Å². The monoisotopic (exact) mass is 304 g/mol. The summed E-state index contributed by atoms with van der Waals surface area (Å²) in [5.41, 5.74) is -0.00377. The molecule has 1 aliphatic carbocycles. The molecule has 0 spiro atoms. The molecule has 112 valence electrons. The number of benzene rings is 1. The Morgan fingerprint density at radius 2 is 2.05 bits per heavy atom. The van der Waals surface area contributed by atoms with Gasteiger partial charge in [-0.2, -0.15) is 0 Å². The van der Waals surface area contributed by atoms with E-state index in [9.17, 15) is 17.2 Å². The van der Waals surface area contributed by atoms with Gasteiger partial charge in [-0.15, -0.1) is 0 Å². The lowest BCUT2D eigenvalue weighted by molar-refractivity contribution is 0.550. The van der Waals surface area contributed by atoms with Gasteiger partial charge in [0, 0.05) is 24.7 Å². The molecule has 0 radical (unpaired) electrons. The van der Waals surface area contributed by atoms with Crippen molar-refractivity contribution in [3.63, 3.8) is 0 Å². The summed E-state index contributed by atoms with van der Waals surface area (Å²) in [6, 6.07) is 3.39. The molecule has 4 nitrogen and oxygen atoms in total. The fourth-order valence-corrected chi connectivity index (χ4v) is 2.69. The predicted octanol–water partition coefficient (Wildman–Crippen LogP) is 1.52. The molecule has 1 aliphatic rings. The smallest absolute Gasteiger partial charge is 0.215 e. The summed E-state index contributed by atoms with van der Waals surface area (Å²) in [6.45, 7) is 1.69. The van der Waals surface area contributed by atoms with Crippen LogP contribution in [0.1, 0.15) is 25.3 Å². The van der Waals surface area contributed by atoms with Gasteiger partial charge in [0.15, 0.2) is 0 Å². The molecule has 0 aromatic heterocycles. The van der Waals surface area contributed by atoms with Crippen molar-refractivity contribution >= 4 is 10.0 Å². The van der Waals surface area contributed by atoms with Crippen LogP contribution in [0.4, 0.5) is 8.78 Å². The molecule has 0 amide bonds. The summed E-state index contributed by atoms with van der Waals surface area (Å²) in [5.74, 6) is -1.22. The topological polar surface area (TPSA) is 58.2 Å². The Labute approximate surface area is 117 Å². The van der Waals surface area contributed by atoms with E-state index in [1.165, 1.54) is 0 Å². The molecule has 1 fully saturated rings. The van der Waals surface area contributed by atoms with Crippen LogP contribution in [0.25, 0.3) is 0 Å². The van der Waals surface area contributed by atoms with E-state index in [0.717, 1.165) is 31.0 Å². The highest BCUT2D eigenvalue weighted by Crippen LogP contribution is 2.18. The Morgan fingerprint density at radius 1 is 1.35 bits per heavy atom. The van der Waals surface area contributed by atoms with Crippen molar-refractivity contribution in [2.75, 3.05) is 6.54 Å². The standard InChI is InChI=1S/C13H18F2N2O2S/c1-9(7-16-12-3-4-12)20(18,19)17-8-10-6-11(14)2-5-13(10)15/h2,5-6,9,12,16-17H,3-4,7-8H2,1H3. The summed E-state index contributed by atoms with van der Waals surface area (Å²) in [5, 5.41) is 2.50. The average Bonchev–Trinajstić information content (AvgIpc) is 3.21. The number of sulfonamides is 1. The van der Waals surface area contributed by atoms with Crippen LogP contribution < -0.4 is 10.0 Å². The Morgan fingerprint density at radius 3 is 2.70 bits per heavy atom. The third kappa shape index (κ3) is 4.22. The van der Waals surface area contributed by atoms with E-state index in [4.69, 9.17) is 0 Å². The van der Waals surface area contributed by atoms with Gasteiger partial charge >= 0.3 is 0 Å². The number of nitrogens with one attached hydrogen (secondary N) is 2. The molecule has 1 atom stereocenters. The van der Waals surface area contributed by atoms with Gasteiger partial charge in [0.1, 0.15) is 11.6 Å². The lowest BCUT2D eigenvalue weighted by Crippen LogP contribution is -2.39. The molecule has 0 bridgehead atoms. The second-order valence-corrected chi connectivity index (χ2v) is 7.28. The third-order valence-electron chi connectivity index (χ3n) is 3.27. The summed E-state index contributed by atoms with van der Waals surface area (Å²) in [4.78, 5) is 0. The van der Waals surface area contributed by atoms with Crippen LogP contribution in [0.2, 0.25) is 0 Å². The molecule has 1 unspecified atom stereocenters. The van der Waals surface area contributed by atoms with Gasteiger partial charge in [0.25, 0.3) is 0 Å². The second-order valence-electron chi connectivity index (χ2n) is 5.09. The summed E-state index contributed by atoms with van der Waals surface area (Å²) < 4.78 is 52.6. The molecular weight excluding hydrogens is 286 g/mol. The van der Waals surface area contributed by atoms with E-state index in [0.29, 0.717) is 12.6 Å². The molecule has 2 N–H and O–H groups in total. The van der Waals surface area contributed by atoms with Gasteiger partial charge in [-0.1, -0.05) is 0 Å². The van der Waals surface area contributed by atoms with Gasteiger partial charge in [-0.25, -0.2) is 21.9 Å². The van der Waals surface area contributed by atoms with Crippen molar-refractivity contribution in [3.05, 3.63) is 35.4 Å². The molecule has 1 aromatic rings. The highest BCUT2D eigenvalue weighted by Gasteiger charge is 2.25. The first-order valence-electron chi connectivity index (χ1n) is 6.54. The van der Waals surface area contributed by atoms with Crippen LogP contribution in [0.5, 0.6) is 0 Å². The van der Waals surface area contributed by atoms with E-state index in [-0.39, 0.29) is 12.1 Å². The lowest BCUT2D eigenvalue weighted by atomic mass is 10.2. The van der Waals surface area contributed by atoms with E-state index in [1.807, 2.05) is 0 Å². The normalized spacial score (nSPS) is 17.1. The fourth-order valence-electron chi connectivity index (χ4n) is 1.73. The van der Waals surface area contributed by atoms with Crippen molar-refractivity contribution in [1.29, 1.82) is 0 Å². The van der Waals surface area contributed by atoms with E-state index in [1.54, 1.807) is 6.92 Å². The molecule has 20 heavy (non-hydrogen) atoms. The van der Waals surface area contributed by atoms with Crippen LogP contribution in [0.3, 0.4) is 0 Å². The summed E-state index contributed by atoms with van der Waals surface area (Å²) in [7, 11) is -3.56. The number of hydrogen-bond donors (Lipinski definition) is 2. The van der Waals surface area contributed by atoms with Gasteiger partial charge in [0.2, 0.25) is 10.0 Å². The molecule has 0 saturated heterocycles.